The van der Waals surface area contributed by atoms with Gasteiger partial charge in [0.2, 0.25) is 0 Å². The van der Waals surface area contributed by atoms with Gasteiger partial charge < -0.3 is 28.8 Å². The van der Waals surface area contributed by atoms with Crippen molar-refractivity contribution in [1.82, 2.24) is 5.32 Å². The maximum atomic E-state index is 9.35. The van der Waals surface area contributed by atoms with Crippen LogP contribution >= 0.6 is 25.8 Å². The highest BCUT2D eigenvalue weighted by Crippen LogP contribution is 2.55. The second kappa shape index (κ2) is 9.05. The van der Waals surface area contributed by atoms with Crippen LogP contribution in [-0.2, 0) is 17.9 Å². The molecule has 1 aliphatic heterocycles. The fourth-order valence-electron chi connectivity index (χ4n) is 1.70. The van der Waals surface area contributed by atoms with Gasteiger partial charge in [0, 0.05) is 0 Å². The van der Waals surface area contributed by atoms with Gasteiger partial charge in [-0.15, -0.1) is 0 Å². The van der Waals surface area contributed by atoms with Crippen molar-refractivity contribution in [2.75, 3.05) is 13.7 Å². The highest BCUT2D eigenvalue weighted by Gasteiger charge is 2.32. The van der Waals surface area contributed by atoms with E-state index in [1.807, 2.05) is 6.92 Å². The van der Waals surface area contributed by atoms with Crippen LogP contribution in [0.4, 0.5) is 0 Å². The van der Waals surface area contributed by atoms with Gasteiger partial charge in [-0.2, -0.15) is 0 Å². The molecule has 114 valence electrons. The second-order valence-corrected chi connectivity index (χ2v) is 6.89. The van der Waals surface area contributed by atoms with Crippen molar-refractivity contribution in [1.29, 1.82) is 0 Å². The molecule has 2 unspecified atom stereocenters. The maximum absolute atomic E-state index is 9.35. The SMILES string of the molecule is CN[C@@H]1O[C@H](COP(O)OP(O)OP(O)O)C[C@@H]1C. The lowest BCUT2D eigenvalue weighted by atomic mass is 10.1. The molecule has 0 aromatic rings. The maximum Gasteiger partial charge on any atom is 0.344 e. The summed E-state index contributed by atoms with van der Waals surface area (Å²) >= 11 is 0. The van der Waals surface area contributed by atoms with Crippen molar-refractivity contribution in [3.8, 4) is 0 Å². The Bertz CT molecular complexity index is 262. The molecule has 0 spiro atoms. The van der Waals surface area contributed by atoms with Gasteiger partial charge >= 0.3 is 25.8 Å². The molecule has 9 nitrogen and oxygen atoms in total. The van der Waals surface area contributed by atoms with E-state index >= 15 is 0 Å². The van der Waals surface area contributed by atoms with Crippen molar-refractivity contribution >= 4 is 25.8 Å². The van der Waals surface area contributed by atoms with Gasteiger partial charge in [-0.3, -0.25) is 5.32 Å². The zero-order valence-electron chi connectivity index (χ0n) is 10.4. The van der Waals surface area contributed by atoms with E-state index in [0.29, 0.717) is 5.92 Å². The van der Waals surface area contributed by atoms with E-state index in [1.165, 1.54) is 0 Å². The van der Waals surface area contributed by atoms with Gasteiger partial charge in [0.25, 0.3) is 0 Å². The van der Waals surface area contributed by atoms with E-state index < -0.39 is 25.8 Å². The third-order valence-electron chi connectivity index (χ3n) is 2.43. The molecule has 0 aliphatic carbocycles. The Hall–Kier alpha value is 0.930. The number of rotatable bonds is 8. The average molecular weight is 337 g/mol. The van der Waals surface area contributed by atoms with E-state index in [2.05, 4.69) is 13.9 Å². The summed E-state index contributed by atoms with van der Waals surface area (Å²) in [6.45, 7) is 2.14. The largest absolute Gasteiger partial charge is 0.357 e. The quantitative estimate of drug-likeness (QED) is 0.405. The van der Waals surface area contributed by atoms with Crippen LogP contribution in [0.15, 0.2) is 0 Å². The van der Waals surface area contributed by atoms with Crippen molar-refractivity contribution in [3.05, 3.63) is 0 Å². The molecule has 1 aliphatic rings. The second-order valence-electron chi connectivity index (χ2n) is 3.87. The minimum absolute atomic E-state index is 0.0509. The van der Waals surface area contributed by atoms with Gasteiger partial charge in [-0.25, -0.2) is 8.62 Å². The zero-order valence-corrected chi connectivity index (χ0v) is 13.1. The first-order valence-corrected chi connectivity index (χ1v) is 8.82. The van der Waals surface area contributed by atoms with E-state index in [0.717, 1.165) is 6.42 Å². The highest BCUT2D eigenvalue weighted by molar-refractivity contribution is 7.60. The van der Waals surface area contributed by atoms with Crippen LogP contribution in [0, 0.1) is 5.92 Å². The van der Waals surface area contributed by atoms with E-state index in [4.69, 9.17) is 23.9 Å². The van der Waals surface area contributed by atoms with Crippen molar-refractivity contribution in [3.63, 3.8) is 0 Å². The summed E-state index contributed by atoms with van der Waals surface area (Å²) in [7, 11) is -5.87. The lowest BCUT2D eigenvalue weighted by Crippen LogP contribution is -2.30. The van der Waals surface area contributed by atoms with E-state index in [9.17, 15) is 4.89 Å². The molecule has 0 aromatic heterocycles. The van der Waals surface area contributed by atoms with Crippen LogP contribution in [0.25, 0.3) is 0 Å². The van der Waals surface area contributed by atoms with Gasteiger partial charge in [0.05, 0.1) is 12.7 Å². The lowest BCUT2D eigenvalue weighted by Gasteiger charge is -2.17. The molecule has 0 radical (unpaired) electrons. The van der Waals surface area contributed by atoms with Crippen LogP contribution in [0.1, 0.15) is 13.3 Å². The molecule has 1 saturated heterocycles. The average Bonchev–Trinajstić information content (AvgIpc) is 2.66. The minimum atomic E-state index is -2.74. The summed E-state index contributed by atoms with van der Waals surface area (Å²) in [4.78, 5) is 35.3. The fraction of sp³-hybridized carbons (Fsp3) is 1.00. The molecule has 1 fully saturated rings. The first kappa shape index (κ1) is 18.0. The Labute approximate surface area is 114 Å². The third kappa shape index (κ3) is 6.96. The zero-order chi connectivity index (χ0) is 14.4. The Morgan fingerprint density at radius 1 is 1.21 bits per heavy atom. The summed E-state index contributed by atoms with van der Waals surface area (Å²) in [5.41, 5.74) is 0. The first-order chi connectivity index (χ1) is 8.92. The molecule has 1 rings (SSSR count). The lowest BCUT2D eigenvalue weighted by molar-refractivity contribution is -0.00268. The molecular weight excluding hydrogens is 319 g/mol. The van der Waals surface area contributed by atoms with E-state index in [1.54, 1.807) is 7.05 Å². The summed E-state index contributed by atoms with van der Waals surface area (Å²) < 4.78 is 19.2. The fourth-order valence-corrected chi connectivity index (χ4v) is 3.55. The summed E-state index contributed by atoms with van der Waals surface area (Å²) in [5.74, 6) is 0.329. The topological polar surface area (TPSA) is 130 Å². The van der Waals surface area contributed by atoms with Crippen LogP contribution in [-0.4, -0.2) is 45.6 Å². The number of hydrogen-bond acceptors (Lipinski definition) is 9. The molecule has 0 saturated carbocycles. The van der Waals surface area contributed by atoms with Crippen molar-refractivity contribution in [2.45, 2.75) is 25.7 Å². The molecule has 0 aromatic carbocycles. The summed E-state index contributed by atoms with van der Waals surface area (Å²) in [6, 6.07) is 0. The van der Waals surface area contributed by atoms with Crippen molar-refractivity contribution < 1.29 is 37.5 Å². The number of ether oxygens (including phenoxy) is 1. The molecule has 5 atom stereocenters. The van der Waals surface area contributed by atoms with Crippen LogP contribution in [0.5, 0.6) is 0 Å². The molecule has 5 N–H and O–H groups in total. The number of hydrogen-bond donors (Lipinski definition) is 5. The predicted octanol–water partition coefficient (Wildman–Crippen LogP) is 0.657. The Morgan fingerprint density at radius 3 is 2.42 bits per heavy atom. The summed E-state index contributed by atoms with van der Waals surface area (Å²) in [6.07, 6.45) is 0.550. The Balaban J connectivity index is 2.18. The van der Waals surface area contributed by atoms with Crippen LogP contribution in [0.2, 0.25) is 0 Å². The molecular formula is C7H18NO8P3. The van der Waals surface area contributed by atoms with Gasteiger partial charge in [-0.1, -0.05) is 6.92 Å². The molecule has 19 heavy (non-hydrogen) atoms. The standard InChI is InChI=1S/C7H18NO8P3/c1-5-3-6(14-7(5)8-2)4-13-18(11)16-19(12)15-17(9)10/h5-12H,3-4H2,1-2H3/t5-,6-,7+,18?,19?/m0/s1. The molecule has 0 bridgehead atoms. The monoisotopic (exact) mass is 337 g/mol. The van der Waals surface area contributed by atoms with Gasteiger partial charge in [0.1, 0.15) is 6.23 Å². The molecule has 0 amide bonds. The van der Waals surface area contributed by atoms with Crippen LogP contribution < -0.4 is 5.32 Å². The minimum Gasteiger partial charge on any atom is -0.357 e. The number of nitrogens with one attached hydrogen (secondary N) is 1. The van der Waals surface area contributed by atoms with Crippen molar-refractivity contribution in [2.24, 2.45) is 5.92 Å². The predicted molar refractivity (Wildman–Crippen MR) is 69.3 cm³/mol. The van der Waals surface area contributed by atoms with Crippen LogP contribution in [0.3, 0.4) is 0 Å². The van der Waals surface area contributed by atoms with Gasteiger partial charge in [0.15, 0.2) is 0 Å². The summed E-state index contributed by atoms with van der Waals surface area (Å²) in [5, 5.41) is 3.01. The normalized spacial score (nSPS) is 30.8. The first-order valence-electron chi connectivity index (χ1n) is 5.40. The molecule has 1 heterocycles. The molecule has 12 heteroatoms. The Morgan fingerprint density at radius 2 is 1.89 bits per heavy atom. The van der Waals surface area contributed by atoms with E-state index in [-0.39, 0.29) is 18.9 Å². The van der Waals surface area contributed by atoms with Gasteiger partial charge in [-0.05, 0) is 19.4 Å². The highest BCUT2D eigenvalue weighted by atomic mass is 31.3. The third-order valence-corrected chi connectivity index (χ3v) is 5.06. The smallest absolute Gasteiger partial charge is 0.344 e. The Kier molecular flexibility index (Phi) is 8.57.